The topological polar surface area (TPSA) is 49.4 Å². The van der Waals surface area contributed by atoms with Crippen molar-refractivity contribution in [1.82, 2.24) is 0 Å². The van der Waals surface area contributed by atoms with E-state index in [2.05, 4.69) is 31.3 Å². The summed E-state index contributed by atoms with van der Waals surface area (Å²) in [5.74, 6) is -0.472. The minimum atomic E-state index is -0.354. The van der Waals surface area contributed by atoms with Crippen LogP contribution in [0.4, 0.5) is 11.4 Å². The Balaban J connectivity index is 1.79. The first-order chi connectivity index (χ1) is 12.5. The van der Waals surface area contributed by atoms with Crippen LogP contribution in [0.15, 0.2) is 42.5 Å². The second kappa shape index (κ2) is 7.92. The number of carbonyl (C=O) groups is 2. The molecule has 3 rings (SSSR count). The molecular formula is C21H23ClN2O2. The van der Waals surface area contributed by atoms with Crippen molar-refractivity contribution < 1.29 is 9.59 Å². The number of hydrogen-bond acceptors (Lipinski definition) is 2. The number of nitrogens with zero attached hydrogens (tertiary/aromatic N) is 1. The quantitative estimate of drug-likeness (QED) is 0.844. The van der Waals surface area contributed by atoms with Gasteiger partial charge in [0.05, 0.1) is 5.92 Å². The summed E-state index contributed by atoms with van der Waals surface area (Å²) < 4.78 is 0. The number of amides is 2. The number of aryl methyl sites for hydroxylation is 2. The molecule has 136 valence electrons. The van der Waals surface area contributed by atoms with E-state index in [-0.39, 0.29) is 24.2 Å². The number of hydrogen-bond donors (Lipinski definition) is 1. The average Bonchev–Trinajstić information content (AvgIpc) is 3.04. The van der Waals surface area contributed by atoms with E-state index in [1.54, 1.807) is 29.2 Å². The van der Waals surface area contributed by atoms with Gasteiger partial charge in [0.25, 0.3) is 0 Å². The fourth-order valence-electron chi connectivity index (χ4n) is 3.44. The highest BCUT2D eigenvalue weighted by molar-refractivity contribution is 6.30. The van der Waals surface area contributed by atoms with Gasteiger partial charge in [-0.3, -0.25) is 9.59 Å². The molecule has 5 heteroatoms. The zero-order valence-corrected chi connectivity index (χ0v) is 15.8. The van der Waals surface area contributed by atoms with Gasteiger partial charge in [-0.1, -0.05) is 43.6 Å². The Labute approximate surface area is 159 Å². The van der Waals surface area contributed by atoms with E-state index in [0.717, 1.165) is 29.7 Å². The molecule has 1 aliphatic rings. The fourth-order valence-corrected chi connectivity index (χ4v) is 3.56. The van der Waals surface area contributed by atoms with Crippen LogP contribution in [0.2, 0.25) is 5.02 Å². The van der Waals surface area contributed by atoms with E-state index in [0.29, 0.717) is 17.3 Å². The van der Waals surface area contributed by atoms with E-state index < -0.39 is 0 Å². The molecule has 0 aromatic heterocycles. The summed E-state index contributed by atoms with van der Waals surface area (Å²) in [5, 5.41) is 3.50. The van der Waals surface area contributed by atoms with Crippen molar-refractivity contribution in [3.8, 4) is 0 Å². The third-order valence-electron chi connectivity index (χ3n) is 4.84. The van der Waals surface area contributed by atoms with Crippen LogP contribution in [0.25, 0.3) is 0 Å². The Morgan fingerprint density at radius 3 is 2.31 bits per heavy atom. The molecule has 26 heavy (non-hydrogen) atoms. The highest BCUT2D eigenvalue weighted by Gasteiger charge is 2.36. The van der Waals surface area contributed by atoms with Crippen LogP contribution in [0.1, 0.15) is 31.4 Å². The van der Waals surface area contributed by atoms with E-state index in [1.165, 1.54) is 0 Å². The summed E-state index contributed by atoms with van der Waals surface area (Å²) in [6.07, 6.45) is 1.95. The summed E-state index contributed by atoms with van der Waals surface area (Å²) in [5.41, 5.74) is 3.98. The second-order valence-corrected chi connectivity index (χ2v) is 6.97. The van der Waals surface area contributed by atoms with E-state index in [4.69, 9.17) is 11.6 Å². The molecule has 2 aromatic carbocycles. The van der Waals surface area contributed by atoms with Gasteiger partial charge < -0.3 is 10.2 Å². The van der Waals surface area contributed by atoms with Crippen molar-refractivity contribution in [2.75, 3.05) is 16.8 Å². The Morgan fingerprint density at radius 2 is 1.73 bits per heavy atom. The largest absolute Gasteiger partial charge is 0.326 e. The number of carbonyl (C=O) groups excluding carboxylic acids is 2. The predicted octanol–water partition coefficient (Wildman–Crippen LogP) is 4.46. The molecule has 0 aliphatic carbocycles. The van der Waals surface area contributed by atoms with Crippen LogP contribution in [0.5, 0.6) is 0 Å². The lowest BCUT2D eigenvalue weighted by atomic mass is 10.0. The Kier molecular flexibility index (Phi) is 5.62. The van der Waals surface area contributed by atoms with Crippen molar-refractivity contribution in [2.24, 2.45) is 5.92 Å². The monoisotopic (exact) mass is 370 g/mol. The number of rotatable bonds is 5. The van der Waals surface area contributed by atoms with E-state index in [1.807, 2.05) is 6.07 Å². The number of halogens is 1. The van der Waals surface area contributed by atoms with Gasteiger partial charge >= 0.3 is 0 Å². The normalized spacial score (nSPS) is 16.8. The summed E-state index contributed by atoms with van der Waals surface area (Å²) in [4.78, 5) is 27.1. The molecule has 1 N–H and O–H groups in total. The van der Waals surface area contributed by atoms with Gasteiger partial charge in [0.2, 0.25) is 11.8 Å². The average molecular weight is 371 g/mol. The molecule has 0 radical (unpaired) electrons. The first-order valence-electron chi connectivity index (χ1n) is 9.01. The summed E-state index contributed by atoms with van der Waals surface area (Å²) in [6.45, 7) is 4.59. The van der Waals surface area contributed by atoms with Crippen molar-refractivity contribution >= 4 is 34.8 Å². The minimum Gasteiger partial charge on any atom is -0.326 e. The SMILES string of the molecule is CCc1cccc(CC)c1N1C[C@H](C(=O)Nc2ccc(Cl)cc2)CC1=O. The molecule has 0 unspecified atom stereocenters. The van der Waals surface area contributed by atoms with Gasteiger partial charge in [0.1, 0.15) is 0 Å². The summed E-state index contributed by atoms with van der Waals surface area (Å²) in [7, 11) is 0. The van der Waals surface area contributed by atoms with Gasteiger partial charge in [0.15, 0.2) is 0 Å². The molecular weight excluding hydrogens is 348 g/mol. The first kappa shape index (κ1) is 18.5. The Hall–Kier alpha value is -2.33. The third-order valence-corrected chi connectivity index (χ3v) is 5.09. The smallest absolute Gasteiger partial charge is 0.229 e. The van der Waals surface area contributed by atoms with Gasteiger partial charge in [-0.15, -0.1) is 0 Å². The van der Waals surface area contributed by atoms with Gasteiger partial charge in [0, 0.05) is 29.4 Å². The summed E-state index contributed by atoms with van der Waals surface area (Å²) in [6, 6.07) is 13.1. The Bertz CT molecular complexity index is 795. The molecule has 1 heterocycles. The molecule has 1 atom stereocenters. The van der Waals surface area contributed by atoms with Gasteiger partial charge in [-0.05, 0) is 48.2 Å². The van der Waals surface area contributed by atoms with Gasteiger partial charge in [-0.2, -0.15) is 0 Å². The number of para-hydroxylation sites is 1. The second-order valence-electron chi connectivity index (χ2n) is 6.53. The van der Waals surface area contributed by atoms with Crippen molar-refractivity contribution in [3.63, 3.8) is 0 Å². The number of anilines is 2. The van der Waals surface area contributed by atoms with Crippen molar-refractivity contribution in [2.45, 2.75) is 33.1 Å². The molecule has 1 fully saturated rings. The zero-order valence-electron chi connectivity index (χ0n) is 15.1. The standard InChI is InChI=1S/C21H23ClN2O2/c1-3-14-6-5-7-15(4-2)20(14)24-13-16(12-19(24)25)21(26)23-18-10-8-17(22)9-11-18/h5-11,16H,3-4,12-13H2,1-2H3,(H,23,26)/t16-/m1/s1. The van der Waals surface area contributed by atoms with Crippen LogP contribution >= 0.6 is 11.6 Å². The fraction of sp³-hybridized carbons (Fsp3) is 0.333. The minimum absolute atomic E-state index is 0.0110. The number of benzene rings is 2. The summed E-state index contributed by atoms with van der Waals surface area (Å²) >= 11 is 5.87. The molecule has 1 saturated heterocycles. The van der Waals surface area contributed by atoms with Crippen molar-refractivity contribution in [3.05, 3.63) is 58.6 Å². The van der Waals surface area contributed by atoms with Crippen LogP contribution in [0.3, 0.4) is 0 Å². The molecule has 2 aromatic rings. The van der Waals surface area contributed by atoms with Gasteiger partial charge in [-0.25, -0.2) is 0 Å². The third kappa shape index (κ3) is 3.75. The zero-order chi connectivity index (χ0) is 18.7. The van der Waals surface area contributed by atoms with Crippen LogP contribution in [0, 0.1) is 5.92 Å². The van der Waals surface area contributed by atoms with Crippen LogP contribution in [-0.4, -0.2) is 18.4 Å². The predicted molar refractivity (Wildman–Crippen MR) is 106 cm³/mol. The molecule has 0 spiro atoms. The lowest BCUT2D eigenvalue weighted by Crippen LogP contribution is -2.29. The van der Waals surface area contributed by atoms with E-state index >= 15 is 0 Å². The maximum Gasteiger partial charge on any atom is 0.229 e. The highest BCUT2D eigenvalue weighted by atomic mass is 35.5. The molecule has 2 amide bonds. The lowest BCUT2D eigenvalue weighted by Gasteiger charge is -2.23. The first-order valence-corrected chi connectivity index (χ1v) is 9.38. The lowest BCUT2D eigenvalue weighted by molar-refractivity contribution is -0.122. The molecule has 0 saturated carbocycles. The highest BCUT2D eigenvalue weighted by Crippen LogP contribution is 2.32. The molecule has 1 aliphatic heterocycles. The van der Waals surface area contributed by atoms with Crippen molar-refractivity contribution in [1.29, 1.82) is 0 Å². The maximum absolute atomic E-state index is 12.7. The van der Waals surface area contributed by atoms with Crippen LogP contribution < -0.4 is 10.2 Å². The van der Waals surface area contributed by atoms with Crippen LogP contribution in [-0.2, 0) is 22.4 Å². The number of nitrogens with one attached hydrogen (secondary N) is 1. The molecule has 4 nitrogen and oxygen atoms in total. The van der Waals surface area contributed by atoms with E-state index in [9.17, 15) is 9.59 Å². The Morgan fingerprint density at radius 1 is 1.12 bits per heavy atom. The molecule has 0 bridgehead atoms. The maximum atomic E-state index is 12.7.